The first-order valence-corrected chi connectivity index (χ1v) is 9.09. The van der Waals surface area contributed by atoms with E-state index >= 15 is 0 Å². The van der Waals surface area contributed by atoms with Gasteiger partial charge in [-0.15, -0.1) is 0 Å². The van der Waals surface area contributed by atoms with E-state index in [-0.39, 0.29) is 4.90 Å². The Hall–Kier alpha value is -1.45. The summed E-state index contributed by atoms with van der Waals surface area (Å²) < 4.78 is 28.0. The van der Waals surface area contributed by atoms with Gasteiger partial charge in [-0.1, -0.05) is 17.7 Å². The third-order valence-electron chi connectivity index (χ3n) is 2.94. The lowest BCUT2D eigenvalue weighted by atomic mass is 10.2. The molecule has 0 bridgehead atoms. The summed E-state index contributed by atoms with van der Waals surface area (Å²) in [5, 5.41) is 1.07. The van der Waals surface area contributed by atoms with Crippen LogP contribution in [0.4, 0.5) is 5.69 Å². The topological polar surface area (TPSA) is 72.0 Å². The molecule has 112 valence electrons. The van der Waals surface area contributed by atoms with Crippen LogP contribution in [0.1, 0.15) is 0 Å². The second-order valence-corrected chi connectivity index (χ2v) is 7.53. The predicted molar refractivity (Wildman–Crippen MR) is 94.5 cm³/mol. The molecule has 1 N–H and O–H groups in total. The Morgan fingerprint density at radius 1 is 1.14 bits per heavy atom. The Balaban J connectivity index is 2.00. The highest BCUT2D eigenvalue weighted by Gasteiger charge is 2.16. The number of fused-ring (bicyclic) bond motifs is 1. The molecule has 0 unspecified atom stereocenters. The van der Waals surface area contributed by atoms with Gasteiger partial charge >= 0.3 is 0 Å². The van der Waals surface area contributed by atoms with Gasteiger partial charge in [-0.05, 0) is 59.0 Å². The van der Waals surface area contributed by atoms with E-state index in [0.29, 0.717) is 14.5 Å². The molecule has 0 aliphatic carbocycles. The largest absolute Gasteiger partial charge is 0.277 e. The lowest BCUT2D eigenvalue weighted by Gasteiger charge is -2.10. The molecule has 0 atom stereocenters. The quantitative estimate of drug-likeness (QED) is 0.493. The van der Waals surface area contributed by atoms with E-state index in [4.69, 9.17) is 11.6 Å². The molecule has 1 aromatic carbocycles. The Labute approximate surface area is 145 Å². The number of halogens is 2. The highest BCUT2D eigenvalue weighted by molar-refractivity contribution is 14.1. The molecule has 0 radical (unpaired) electrons. The Kier molecular flexibility index (Phi) is 4.20. The molecule has 0 saturated heterocycles. The van der Waals surface area contributed by atoms with E-state index in [1.165, 1.54) is 12.1 Å². The molecule has 0 spiro atoms. The summed E-state index contributed by atoms with van der Waals surface area (Å²) in [4.78, 5) is 8.35. The number of nitrogens with one attached hydrogen (secondary N) is 1. The number of pyridine rings is 2. The minimum absolute atomic E-state index is 0.166. The minimum Gasteiger partial charge on any atom is -0.277 e. The number of benzene rings is 1. The van der Waals surface area contributed by atoms with E-state index in [0.717, 1.165) is 10.9 Å². The maximum absolute atomic E-state index is 12.5. The van der Waals surface area contributed by atoms with Gasteiger partial charge in [0, 0.05) is 11.6 Å². The summed E-state index contributed by atoms with van der Waals surface area (Å²) in [5.41, 5.74) is 1.13. The molecule has 5 nitrogen and oxygen atoms in total. The standard InChI is InChI=1S/C14H9ClIN3O2S/c15-13-6-5-12(14(16)18-13)19-22(20,21)10-3-4-11-9(8-10)2-1-7-17-11/h1-8,19H. The van der Waals surface area contributed by atoms with Gasteiger partial charge in [-0.3, -0.25) is 9.71 Å². The van der Waals surface area contributed by atoms with Crippen molar-refractivity contribution in [2.75, 3.05) is 4.72 Å². The van der Waals surface area contributed by atoms with Crippen LogP contribution in [0.3, 0.4) is 0 Å². The monoisotopic (exact) mass is 445 g/mol. The number of nitrogens with zero attached hydrogens (tertiary/aromatic N) is 2. The molecule has 2 aromatic heterocycles. The fraction of sp³-hybridized carbons (Fsp3) is 0. The summed E-state index contributed by atoms with van der Waals surface area (Å²) in [6.45, 7) is 0. The van der Waals surface area contributed by atoms with Gasteiger partial charge in [0.1, 0.15) is 8.85 Å². The van der Waals surface area contributed by atoms with E-state index < -0.39 is 10.0 Å². The summed E-state index contributed by atoms with van der Waals surface area (Å²) in [6, 6.07) is 11.5. The van der Waals surface area contributed by atoms with E-state index in [1.54, 1.807) is 30.5 Å². The van der Waals surface area contributed by atoms with Gasteiger partial charge < -0.3 is 0 Å². The number of rotatable bonds is 3. The molecule has 3 aromatic rings. The summed E-state index contributed by atoms with van der Waals surface area (Å²) in [6.07, 6.45) is 1.66. The van der Waals surface area contributed by atoms with Crippen LogP contribution in [0.5, 0.6) is 0 Å². The van der Waals surface area contributed by atoms with Crippen molar-refractivity contribution in [3.8, 4) is 0 Å². The van der Waals surface area contributed by atoms with Crippen molar-refractivity contribution >= 4 is 60.8 Å². The van der Waals surface area contributed by atoms with E-state index in [9.17, 15) is 8.42 Å². The van der Waals surface area contributed by atoms with Gasteiger partial charge in [0.25, 0.3) is 10.0 Å². The number of sulfonamides is 1. The lowest BCUT2D eigenvalue weighted by molar-refractivity contribution is 0.601. The Morgan fingerprint density at radius 3 is 2.73 bits per heavy atom. The van der Waals surface area contributed by atoms with Crippen LogP contribution in [-0.2, 0) is 10.0 Å². The van der Waals surface area contributed by atoms with Gasteiger partial charge in [-0.25, -0.2) is 13.4 Å². The number of hydrogen-bond donors (Lipinski definition) is 1. The molecule has 0 amide bonds. The molecule has 22 heavy (non-hydrogen) atoms. The van der Waals surface area contributed by atoms with Crippen molar-refractivity contribution < 1.29 is 8.42 Å². The second kappa shape index (κ2) is 5.98. The summed E-state index contributed by atoms with van der Waals surface area (Å²) in [5.74, 6) is 0. The normalized spacial score (nSPS) is 11.5. The summed E-state index contributed by atoms with van der Waals surface area (Å²) >= 11 is 7.70. The van der Waals surface area contributed by atoms with Crippen molar-refractivity contribution in [3.05, 3.63) is 57.5 Å². The van der Waals surface area contributed by atoms with Crippen molar-refractivity contribution in [1.82, 2.24) is 9.97 Å². The van der Waals surface area contributed by atoms with Crippen LogP contribution < -0.4 is 4.72 Å². The van der Waals surface area contributed by atoms with Crippen LogP contribution >= 0.6 is 34.2 Å². The Bertz CT molecular complexity index is 963. The van der Waals surface area contributed by atoms with Crippen molar-refractivity contribution in [2.45, 2.75) is 4.90 Å². The van der Waals surface area contributed by atoms with Crippen LogP contribution in [-0.4, -0.2) is 18.4 Å². The van der Waals surface area contributed by atoms with Crippen molar-refractivity contribution in [3.63, 3.8) is 0 Å². The predicted octanol–water partition coefficient (Wildman–Crippen LogP) is 3.69. The highest BCUT2D eigenvalue weighted by atomic mass is 127. The number of hydrogen-bond acceptors (Lipinski definition) is 4. The fourth-order valence-electron chi connectivity index (χ4n) is 1.91. The molecular formula is C14H9ClIN3O2S. The first-order valence-electron chi connectivity index (χ1n) is 6.15. The molecule has 0 aliphatic rings. The average molecular weight is 446 g/mol. The van der Waals surface area contributed by atoms with E-state index in [2.05, 4.69) is 14.7 Å². The summed E-state index contributed by atoms with van der Waals surface area (Å²) in [7, 11) is -3.71. The SMILES string of the molecule is O=S(=O)(Nc1ccc(Cl)nc1I)c1ccc2ncccc2c1. The van der Waals surface area contributed by atoms with Crippen LogP contribution in [0, 0.1) is 3.70 Å². The van der Waals surface area contributed by atoms with Crippen molar-refractivity contribution in [1.29, 1.82) is 0 Å². The second-order valence-electron chi connectivity index (χ2n) is 4.44. The molecule has 0 fully saturated rings. The molecular weight excluding hydrogens is 437 g/mol. The molecule has 0 saturated carbocycles. The third-order valence-corrected chi connectivity index (χ3v) is 5.34. The zero-order valence-electron chi connectivity index (χ0n) is 11.0. The zero-order valence-corrected chi connectivity index (χ0v) is 14.7. The maximum atomic E-state index is 12.5. The zero-order chi connectivity index (χ0) is 15.7. The molecule has 0 aliphatic heterocycles. The van der Waals surface area contributed by atoms with Crippen LogP contribution in [0.25, 0.3) is 10.9 Å². The smallest absolute Gasteiger partial charge is 0.262 e. The molecule has 3 rings (SSSR count). The van der Waals surface area contributed by atoms with Gasteiger partial charge in [-0.2, -0.15) is 0 Å². The minimum atomic E-state index is -3.71. The van der Waals surface area contributed by atoms with E-state index in [1.807, 2.05) is 28.7 Å². The third kappa shape index (κ3) is 3.16. The molecule has 8 heteroatoms. The first kappa shape index (κ1) is 15.4. The lowest BCUT2D eigenvalue weighted by Crippen LogP contribution is -2.14. The Morgan fingerprint density at radius 2 is 1.95 bits per heavy atom. The molecule has 2 heterocycles. The highest BCUT2D eigenvalue weighted by Crippen LogP contribution is 2.23. The van der Waals surface area contributed by atoms with Gasteiger partial charge in [0.05, 0.1) is 16.1 Å². The maximum Gasteiger partial charge on any atom is 0.262 e. The fourth-order valence-corrected chi connectivity index (χ4v) is 4.06. The van der Waals surface area contributed by atoms with Crippen LogP contribution in [0.2, 0.25) is 5.15 Å². The first-order chi connectivity index (χ1) is 10.5. The average Bonchev–Trinajstić information content (AvgIpc) is 2.49. The van der Waals surface area contributed by atoms with Gasteiger partial charge in [0.2, 0.25) is 0 Å². The van der Waals surface area contributed by atoms with Crippen LogP contribution in [0.15, 0.2) is 53.6 Å². The van der Waals surface area contributed by atoms with Crippen molar-refractivity contribution in [2.24, 2.45) is 0 Å². The van der Waals surface area contributed by atoms with Gasteiger partial charge in [0.15, 0.2) is 0 Å². The number of aromatic nitrogens is 2. The number of anilines is 1.